The SMILES string of the molecule is COc1ccc(C(=O)N(C)[C@@H]2CCS(=O)(=O)C2)cc1N1CCOCC1. The van der Waals surface area contributed by atoms with Gasteiger partial charge < -0.3 is 19.3 Å². The van der Waals surface area contributed by atoms with Crippen LogP contribution >= 0.6 is 0 Å². The van der Waals surface area contributed by atoms with E-state index in [9.17, 15) is 13.2 Å². The van der Waals surface area contributed by atoms with Crippen molar-refractivity contribution in [2.45, 2.75) is 12.5 Å². The Bertz CT molecular complexity index is 743. The summed E-state index contributed by atoms with van der Waals surface area (Å²) in [4.78, 5) is 16.5. The lowest BCUT2D eigenvalue weighted by Crippen LogP contribution is -2.38. The zero-order chi connectivity index (χ0) is 18.0. The molecule has 2 heterocycles. The molecule has 0 radical (unpaired) electrons. The van der Waals surface area contributed by atoms with E-state index in [-0.39, 0.29) is 23.5 Å². The van der Waals surface area contributed by atoms with Crippen molar-refractivity contribution >= 4 is 21.4 Å². The van der Waals surface area contributed by atoms with Gasteiger partial charge in [-0.1, -0.05) is 0 Å². The summed E-state index contributed by atoms with van der Waals surface area (Å²) in [7, 11) is 0.252. The molecule has 2 aliphatic heterocycles. The Morgan fingerprint density at radius 1 is 1.32 bits per heavy atom. The van der Waals surface area contributed by atoms with Gasteiger partial charge in [-0.2, -0.15) is 0 Å². The maximum atomic E-state index is 12.8. The molecule has 0 bridgehead atoms. The van der Waals surface area contributed by atoms with Gasteiger partial charge in [-0.3, -0.25) is 4.79 Å². The number of nitrogens with zero attached hydrogens (tertiary/aromatic N) is 2. The summed E-state index contributed by atoms with van der Waals surface area (Å²) in [5.74, 6) is 0.738. The molecule has 2 saturated heterocycles. The van der Waals surface area contributed by atoms with E-state index >= 15 is 0 Å². The van der Waals surface area contributed by atoms with E-state index in [0.717, 1.165) is 18.8 Å². The number of benzene rings is 1. The fraction of sp³-hybridized carbons (Fsp3) is 0.588. The van der Waals surface area contributed by atoms with E-state index in [0.29, 0.717) is 30.9 Å². The second-order valence-corrected chi connectivity index (χ2v) is 8.69. The fourth-order valence-corrected chi connectivity index (χ4v) is 5.10. The van der Waals surface area contributed by atoms with Gasteiger partial charge in [-0.15, -0.1) is 0 Å². The van der Waals surface area contributed by atoms with Crippen LogP contribution in [0, 0.1) is 0 Å². The molecule has 25 heavy (non-hydrogen) atoms. The lowest BCUT2D eigenvalue weighted by molar-refractivity contribution is 0.0747. The van der Waals surface area contributed by atoms with Crippen LogP contribution in [0.2, 0.25) is 0 Å². The Morgan fingerprint density at radius 2 is 2.04 bits per heavy atom. The molecular weight excluding hydrogens is 344 g/mol. The van der Waals surface area contributed by atoms with Gasteiger partial charge in [0.2, 0.25) is 0 Å². The minimum atomic E-state index is -3.03. The smallest absolute Gasteiger partial charge is 0.253 e. The average molecular weight is 368 g/mol. The highest BCUT2D eigenvalue weighted by Gasteiger charge is 2.33. The highest BCUT2D eigenvalue weighted by molar-refractivity contribution is 7.91. The summed E-state index contributed by atoms with van der Waals surface area (Å²) >= 11 is 0. The van der Waals surface area contributed by atoms with Crippen LogP contribution in [0.1, 0.15) is 16.8 Å². The first-order valence-corrected chi connectivity index (χ1v) is 10.2. The topological polar surface area (TPSA) is 76.2 Å². The quantitative estimate of drug-likeness (QED) is 0.782. The van der Waals surface area contributed by atoms with Crippen LogP contribution in [-0.2, 0) is 14.6 Å². The van der Waals surface area contributed by atoms with Gasteiger partial charge >= 0.3 is 0 Å². The Hall–Kier alpha value is -1.80. The predicted octanol–water partition coefficient (Wildman–Crippen LogP) is 0.791. The lowest BCUT2D eigenvalue weighted by atomic mass is 10.1. The highest BCUT2D eigenvalue weighted by Crippen LogP contribution is 2.31. The van der Waals surface area contributed by atoms with Gasteiger partial charge in [0.25, 0.3) is 5.91 Å². The molecule has 1 amide bonds. The van der Waals surface area contributed by atoms with Gasteiger partial charge in [0.15, 0.2) is 9.84 Å². The molecule has 0 saturated carbocycles. The number of sulfone groups is 1. The first-order valence-electron chi connectivity index (χ1n) is 8.39. The van der Waals surface area contributed by atoms with Crippen molar-refractivity contribution in [2.24, 2.45) is 0 Å². The maximum absolute atomic E-state index is 12.8. The second-order valence-electron chi connectivity index (χ2n) is 6.46. The average Bonchev–Trinajstić information content (AvgIpc) is 3.00. The fourth-order valence-electron chi connectivity index (χ4n) is 3.32. The molecule has 0 N–H and O–H groups in total. The molecule has 1 atom stereocenters. The maximum Gasteiger partial charge on any atom is 0.253 e. The largest absolute Gasteiger partial charge is 0.495 e. The highest BCUT2D eigenvalue weighted by atomic mass is 32.2. The van der Waals surface area contributed by atoms with Crippen LogP contribution in [0.4, 0.5) is 5.69 Å². The predicted molar refractivity (Wildman–Crippen MR) is 95.2 cm³/mol. The van der Waals surface area contributed by atoms with Gasteiger partial charge in [0.1, 0.15) is 5.75 Å². The molecule has 3 rings (SSSR count). The Kier molecular flexibility index (Phi) is 5.19. The molecule has 0 unspecified atom stereocenters. The van der Waals surface area contributed by atoms with Crippen LogP contribution in [0.3, 0.4) is 0 Å². The number of methoxy groups -OCH3 is 1. The van der Waals surface area contributed by atoms with Gasteiger partial charge in [-0.25, -0.2) is 8.42 Å². The van der Waals surface area contributed by atoms with Gasteiger partial charge in [-0.05, 0) is 24.6 Å². The van der Waals surface area contributed by atoms with E-state index < -0.39 is 9.84 Å². The minimum Gasteiger partial charge on any atom is -0.495 e. The lowest BCUT2D eigenvalue weighted by Gasteiger charge is -2.31. The Balaban J connectivity index is 1.82. The third kappa shape index (κ3) is 3.90. The molecule has 0 spiro atoms. The summed E-state index contributed by atoms with van der Waals surface area (Å²) in [5, 5.41) is 0. The van der Waals surface area contributed by atoms with Crippen molar-refractivity contribution in [3.05, 3.63) is 23.8 Å². The van der Waals surface area contributed by atoms with Crippen molar-refractivity contribution in [3.63, 3.8) is 0 Å². The van der Waals surface area contributed by atoms with E-state index in [1.165, 1.54) is 0 Å². The van der Waals surface area contributed by atoms with Crippen molar-refractivity contribution in [1.82, 2.24) is 4.90 Å². The van der Waals surface area contributed by atoms with Crippen molar-refractivity contribution < 1.29 is 22.7 Å². The second kappa shape index (κ2) is 7.21. The van der Waals surface area contributed by atoms with E-state index in [4.69, 9.17) is 9.47 Å². The summed E-state index contributed by atoms with van der Waals surface area (Å²) in [5.41, 5.74) is 1.40. The molecule has 2 fully saturated rings. The third-order valence-electron chi connectivity index (χ3n) is 4.85. The van der Waals surface area contributed by atoms with Crippen molar-refractivity contribution in [3.8, 4) is 5.75 Å². The van der Waals surface area contributed by atoms with Crippen LogP contribution in [0.5, 0.6) is 5.75 Å². The van der Waals surface area contributed by atoms with Crippen LogP contribution in [-0.4, -0.2) is 77.2 Å². The molecule has 1 aromatic rings. The number of carbonyl (C=O) groups excluding carboxylic acids is 1. The summed E-state index contributed by atoms with van der Waals surface area (Å²) in [6.45, 7) is 2.76. The molecule has 138 valence electrons. The Morgan fingerprint density at radius 3 is 2.64 bits per heavy atom. The number of hydrogen-bond acceptors (Lipinski definition) is 6. The number of anilines is 1. The number of hydrogen-bond donors (Lipinski definition) is 0. The van der Waals surface area contributed by atoms with Crippen molar-refractivity contribution in [2.75, 3.05) is 56.9 Å². The molecule has 7 nitrogen and oxygen atoms in total. The molecule has 8 heteroatoms. The monoisotopic (exact) mass is 368 g/mol. The molecule has 0 aliphatic carbocycles. The normalized spacial score (nSPS) is 22.6. The summed E-state index contributed by atoms with van der Waals surface area (Å²) < 4.78 is 34.2. The Labute approximate surface area is 148 Å². The first kappa shape index (κ1) is 18.0. The zero-order valence-corrected chi connectivity index (χ0v) is 15.4. The number of ether oxygens (including phenoxy) is 2. The number of carbonyl (C=O) groups is 1. The van der Waals surface area contributed by atoms with Crippen LogP contribution in [0.25, 0.3) is 0 Å². The van der Waals surface area contributed by atoms with Gasteiger partial charge in [0.05, 0.1) is 37.5 Å². The van der Waals surface area contributed by atoms with E-state index in [2.05, 4.69) is 4.90 Å². The molecule has 2 aliphatic rings. The van der Waals surface area contributed by atoms with E-state index in [1.54, 1.807) is 31.2 Å². The van der Waals surface area contributed by atoms with Crippen molar-refractivity contribution in [1.29, 1.82) is 0 Å². The standard InChI is InChI=1S/C17H24N2O5S/c1-18(14-5-10-25(21,22)12-14)17(20)13-3-4-16(23-2)15(11-13)19-6-8-24-9-7-19/h3-4,11,14H,5-10,12H2,1-2H3/t14-/m1/s1. The van der Waals surface area contributed by atoms with Gasteiger partial charge in [0, 0.05) is 31.7 Å². The zero-order valence-electron chi connectivity index (χ0n) is 14.6. The van der Waals surface area contributed by atoms with Crippen LogP contribution < -0.4 is 9.64 Å². The third-order valence-corrected chi connectivity index (χ3v) is 6.60. The number of morpholine rings is 1. The number of rotatable bonds is 4. The minimum absolute atomic E-state index is 0.0434. The molecular formula is C17H24N2O5S. The van der Waals surface area contributed by atoms with Crippen LogP contribution in [0.15, 0.2) is 18.2 Å². The summed E-state index contributed by atoms with van der Waals surface area (Å²) in [6, 6.07) is 5.08. The number of amides is 1. The summed E-state index contributed by atoms with van der Waals surface area (Å²) in [6.07, 6.45) is 0.497. The van der Waals surface area contributed by atoms with E-state index in [1.807, 2.05) is 6.07 Å². The first-order chi connectivity index (χ1) is 11.9. The molecule has 1 aromatic carbocycles. The molecule has 0 aromatic heterocycles.